The molecule has 1 aromatic heterocycles. The van der Waals surface area contributed by atoms with E-state index in [4.69, 9.17) is 4.74 Å². The molecule has 1 saturated heterocycles. The molecular weight excluding hydrogens is 356 g/mol. The fraction of sp³-hybridized carbons (Fsp3) is 0.353. The Bertz CT molecular complexity index is 865. The fourth-order valence-corrected chi connectivity index (χ4v) is 3.48. The topological polar surface area (TPSA) is 92.7 Å². The van der Waals surface area contributed by atoms with Crippen LogP contribution in [0.15, 0.2) is 42.7 Å². The van der Waals surface area contributed by atoms with Crippen LogP contribution in [0.4, 0.5) is 0 Å². The van der Waals surface area contributed by atoms with Crippen LogP contribution in [-0.4, -0.2) is 65.9 Å². The number of rotatable bonds is 5. The fourth-order valence-electron chi connectivity index (χ4n) is 2.65. The van der Waals surface area contributed by atoms with Crippen LogP contribution in [0.1, 0.15) is 16.1 Å². The van der Waals surface area contributed by atoms with E-state index in [9.17, 15) is 13.2 Å². The zero-order valence-electron chi connectivity index (χ0n) is 14.4. The van der Waals surface area contributed by atoms with Gasteiger partial charge in [0.1, 0.15) is 18.6 Å². The molecule has 1 aromatic carbocycles. The minimum Gasteiger partial charge on any atom is -0.473 e. The lowest BCUT2D eigenvalue weighted by molar-refractivity contribution is 0.0691. The summed E-state index contributed by atoms with van der Waals surface area (Å²) in [4.78, 5) is 22.2. The van der Waals surface area contributed by atoms with Gasteiger partial charge in [0.25, 0.3) is 5.91 Å². The highest BCUT2D eigenvalue weighted by atomic mass is 32.2. The van der Waals surface area contributed by atoms with E-state index >= 15 is 0 Å². The minimum atomic E-state index is -3.23. The van der Waals surface area contributed by atoms with Gasteiger partial charge in [-0.15, -0.1) is 0 Å². The Morgan fingerprint density at radius 1 is 1.12 bits per heavy atom. The van der Waals surface area contributed by atoms with E-state index in [1.54, 1.807) is 4.90 Å². The molecule has 2 heterocycles. The Balaban J connectivity index is 1.62. The van der Waals surface area contributed by atoms with Gasteiger partial charge in [-0.25, -0.2) is 18.4 Å². The second-order valence-corrected chi connectivity index (χ2v) is 7.95. The molecule has 0 radical (unpaired) electrons. The molecule has 0 bridgehead atoms. The van der Waals surface area contributed by atoms with E-state index in [0.29, 0.717) is 25.6 Å². The molecule has 2 aromatic rings. The zero-order valence-corrected chi connectivity index (χ0v) is 15.2. The molecule has 1 amide bonds. The van der Waals surface area contributed by atoms with E-state index in [-0.39, 0.29) is 24.7 Å². The average Bonchev–Trinajstić information content (AvgIpc) is 2.66. The highest BCUT2D eigenvalue weighted by Gasteiger charge is 2.27. The molecule has 8 nitrogen and oxygen atoms in total. The van der Waals surface area contributed by atoms with Crippen LogP contribution in [0.3, 0.4) is 0 Å². The summed E-state index contributed by atoms with van der Waals surface area (Å²) in [6.07, 6.45) is 2.46. The Kier molecular flexibility index (Phi) is 5.48. The van der Waals surface area contributed by atoms with Crippen molar-refractivity contribution in [1.29, 1.82) is 0 Å². The van der Waals surface area contributed by atoms with Gasteiger partial charge in [0.05, 0.1) is 6.26 Å². The second-order valence-electron chi connectivity index (χ2n) is 5.97. The predicted molar refractivity (Wildman–Crippen MR) is 95.1 cm³/mol. The third-order valence-corrected chi connectivity index (χ3v) is 5.39. The molecule has 0 spiro atoms. The van der Waals surface area contributed by atoms with Gasteiger partial charge in [0.2, 0.25) is 15.9 Å². The third-order valence-electron chi connectivity index (χ3n) is 4.09. The van der Waals surface area contributed by atoms with Gasteiger partial charge < -0.3 is 9.64 Å². The first-order chi connectivity index (χ1) is 12.4. The van der Waals surface area contributed by atoms with E-state index in [1.807, 2.05) is 30.3 Å². The van der Waals surface area contributed by atoms with Gasteiger partial charge >= 0.3 is 0 Å². The number of ether oxygens (including phenoxy) is 1. The molecule has 0 unspecified atom stereocenters. The molecule has 26 heavy (non-hydrogen) atoms. The summed E-state index contributed by atoms with van der Waals surface area (Å²) in [5.74, 6) is 0.0621. The Morgan fingerprint density at radius 2 is 1.81 bits per heavy atom. The van der Waals surface area contributed by atoms with Crippen molar-refractivity contribution in [3.8, 4) is 5.88 Å². The van der Waals surface area contributed by atoms with Crippen molar-refractivity contribution < 1.29 is 17.9 Å². The third kappa shape index (κ3) is 4.55. The van der Waals surface area contributed by atoms with Crippen molar-refractivity contribution >= 4 is 15.9 Å². The number of nitrogens with zero attached hydrogens (tertiary/aromatic N) is 4. The Hall–Kier alpha value is -2.52. The molecule has 1 aliphatic heterocycles. The number of piperazine rings is 1. The number of hydrogen-bond acceptors (Lipinski definition) is 6. The van der Waals surface area contributed by atoms with Crippen LogP contribution in [0.5, 0.6) is 5.88 Å². The number of hydrogen-bond donors (Lipinski definition) is 0. The molecule has 1 aliphatic rings. The van der Waals surface area contributed by atoms with Crippen molar-refractivity contribution in [2.45, 2.75) is 6.61 Å². The summed E-state index contributed by atoms with van der Waals surface area (Å²) < 4.78 is 30.1. The van der Waals surface area contributed by atoms with Crippen molar-refractivity contribution in [3.63, 3.8) is 0 Å². The second kappa shape index (κ2) is 7.79. The number of carbonyl (C=O) groups is 1. The average molecular weight is 376 g/mol. The van der Waals surface area contributed by atoms with Crippen LogP contribution < -0.4 is 4.74 Å². The summed E-state index contributed by atoms with van der Waals surface area (Å²) in [6.45, 7) is 1.57. The maximum Gasteiger partial charge on any atom is 0.272 e. The highest BCUT2D eigenvalue weighted by Crippen LogP contribution is 2.14. The lowest BCUT2D eigenvalue weighted by Gasteiger charge is -2.33. The maximum absolute atomic E-state index is 12.6. The molecule has 9 heteroatoms. The lowest BCUT2D eigenvalue weighted by atomic mass is 10.2. The van der Waals surface area contributed by atoms with Crippen LogP contribution in [0, 0.1) is 0 Å². The van der Waals surface area contributed by atoms with E-state index < -0.39 is 10.0 Å². The van der Waals surface area contributed by atoms with Gasteiger partial charge in [0, 0.05) is 32.2 Å². The van der Waals surface area contributed by atoms with E-state index in [1.165, 1.54) is 23.0 Å². The quantitative estimate of drug-likeness (QED) is 0.765. The zero-order chi connectivity index (χ0) is 18.6. The lowest BCUT2D eigenvalue weighted by Crippen LogP contribution is -2.50. The van der Waals surface area contributed by atoms with Crippen molar-refractivity contribution in [2.75, 3.05) is 32.4 Å². The summed E-state index contributed by atoms with van der Waals surface area (Å²) >= 11 is 0. The van der Waals surface area contributed by atoms with Crippen LogP contribution >= 0.6 is 0 Å². The molecule has 0 atom stereocenters. The predicted octanol–water partition coefficient (Wildman–Crippen LogP) is 0.773. The largest absolute Gasteiger partial charge is 0.473 e. The summed E-state index contributed by atoms with van der Waals surface area (Å²) in [5, 5.41) is 0. The van der Waals surface area contributed by atoms with E-state index in [2.05, 4.69) is 9.97 Å². The molecule has 0 N–H and O–H groups in total. The van der Waals surface area contributed by atoms with Crippen molar-refractivity contribution in [1.82, 2.24) is 19.2 Å². The maximum atomic E-state index is 12.6. The number of sulfonamides is 1. The molecule has 138 valence electrons. The molecule has 0 saturated carbocycles. The number of carbonyl (C=O) groups excluding carboxylic acids is 1. The van der Waals surface area contributed by atoms with Gasteiger partial charge in [-0.3, -0.25) is 4.79 Å². The first kappa shape index (κ1) is 18.3. The number of benzene rings is 1. The smallest absolute Gasteiger partial charge is 0.272 e. The van der Waals surface area contributed by atoms with Crippen LogP contribution in [-0.2, 0) is 16.6 Å². The van der Waals surface area contributed by atoms with Crippen LogP contribution in [0.25, 0.3) is 0 Å². The van der Waals surface area contributed by atoms with Crippen molar-refractivity contribution in [3.05, 3.63) is 54.0 Å². The number of aromatic nitrogens is 2. The molecule has 1 fully saturated rings. The normalized spacial score (nSPS) is 15.7. The number of amides is 1. The monoisotopic (exact) mass is 376 g/mol. The summed E-state index contributed by atoms with van der Waals surface area (Å²) in [6, 6.07) is 11.2. The van der Waals surface area contributed by atoms with E-state index in [0.717, 1.165) is 5.56 Å². The first-order valence-electron chi connectivity index (χ1n) is 8.16. The van der Waals surface area contributed by atoms with Gasteiger partial charge in [-0.1, -0.05) is 30.3 Å². The first-order valence-corrected chi connectivity index (χ1v) is 10.0. The van der Waals surface area contributed by atoms with Crippen LogP contribution in [0.2, 0.25) is 0 Å². The molecule has 0 aliphatic carbocycles. The Labute approximate surface area is 152 Å². The van der Waals surface area contributed by atoms with Gasteiger partial charge in [-0.05, 0) is 5.56 Å². The highest BCUT2D eigenvalue weighted by molar-refractivity contribution is 7.88. The minimum absolute atomic E-state index is 0.232. The summed E-state index contributed by atoms with van der Waals surface area (Å²) in [5.41, 5.74) is 1.23. The van der Waals surface area contributed by atoms with Gasteiger partial charge in [-0.2, -0.15) is 4.31 Å². The SMILES string of the molecule is CS(=O)(=O)N1CCN(C(=O)c2cc(OCc3ccccc3)ncn2)CC1. The van der Waals surface area contributed by atoms with Gasteiger partial charge in [0.15, 0.2) is 0 Å². The summed E-state index contributed by atoms with van der Waals surface area (Å²) in [7, 11) is -3.23. The molecular formula is C17H20N4O4S. The standard InChI is InChI=1S/C17H20N4O4S/c1-26(23,24)21-9-7-20(8-10-21)17(22)15-11-16(19-13-18-15)25-12-14-5-3-2-4-6-14/h2-6,11,13H,7-10,12H2,1H3. The van der Waals surface area contributed by atoms with Crippen molar-refractivity contribution in [2.24, 2.45) is 0 Å². The Morgan fingerprint density at radius 3 is 2.46 bits per heavy atom. The molecule has 3 rings (SSSR count).